The Hall–Kier alpha value is -1.06. The fraction of sp³-hybridized carbons (Fsp3) is 0.500. The normalized spacial score (nSPS) is 31.6. The van der Waals surface area contributed by atoms with Gasteiger partial charge in [0.15, 0.2) is 0 Å². The molecule has 1 N–H and O–H groups in total. The first kappa shape index (κ1) is 9.19. The first-order valence-electron chi connectivity index (χ1n) is 5.34. The molecule has 2 aliphatic rings. The summed E-state index contributed by atoms with van der Waals surface area (Å²) in [5, 5.41) is 0. The lowest BCUT2D eigenvalue weighted by Crippen LogP contribution is -2.36. The predicted octanol–water partition coefficient (Wildman–Crippen LogP) is 2.05. The molecule has 0 amide bonds. The molecule has 2 atom stereocenters. The number of ether oxygens (including phenoxy) is 1. The summed E-state index contributed by atoms with van der Waals surface area (Å²) in [5.74, 6) is 1.36. The summed E-state index contributed by atoms with van der Waals surface area (Å²) in [5.41, 5.74) is 4.18. The minimum absolute atomic E-state index is 0.155. The average molecular weight is 205 g/mol. The third-order valence-corrected chi connectivity index (χ3v) is 3.42. The Kier molecular flexibility index (Phi) is 1.82. The summed E-state index contributed by atoms with van der Waals surface area (Å²) in [4.78, 5) is 5.61. The molecular formula is C12H15NO2. The van der Waals surface area contributed by atoms with E-state index in [1.165, 1.54) is 5.56 Å². The monoisotopic (exact) mass is 205 g/mol. The van der Waals surface area contributed by atoms with Crippen molar-refractivity contribution >= 4 is 0 Å². The molecule has 2 aliphatic heterocycles. The number of nitrogens with one attached hydrogen (secondary N) is 1. The van der Waals surface area contributed by atoms with E-state index in [2.05, 4.69) is 25.4 Å². The van der Waals surface area contributed by atoms with Gasteiger partial charge in [-0.15, -0.1) is 0 Å². The second-order valence-electron chi connectivity index (χ2n) is 4.76. The number of rotatable bonds is 0. The van der Waals surface area contributed by atoms with Gasteiger partial charge in [-0.1, -0.05) is 18.2 Å². The maximum Gasteiger partial charge on any atom is 0.124 e. The largest absolute Gasteiger partial charge is 0.493 e. The summed E-state index contributed by atoms with van der Waals surface area (Å²) < 4.78 is 5.75. The topological polar surface area (TPSA) is 30.5 Å². The van der Waals surface area contributed by atoms with E-state index >= 15 is 0 Å². The standard InChI is InChI=1S/C12H15NO2/c1-12(2)9-7-14-10-6-4-3-5-8(10)11(9)13-15-12/h3-6,9,11,13H,7H2,1-2H3/t9-,11+/m0/s1. The van der Waals surface area contributed by atoms with E-state index in [0.29, 0.717) is 5.92 Å². The zero-order valence-electron chi connectivity index (χ0n) is 8.99. The van der Waals surface area contributed by atoms with Crippen LogP contribution >= 0.6 is 0 Å². The van der Waals surface area contributed by atoms with E-state index in [4.69, 9.17) is 9.57 Å². The van der Waals surface area contributed by atoms with Crippen LogP contribution in [0, 0.1) is 5.92 Å². The number of hydrogen-bond donors (Lipinski definition) is 1. The lowest BCUT2D eigenvalue weighted by molar-refractivity contribution is -0.0484. The van der Waals surface area contributed by atoms with E-state index in [-0.39, 0.29) is 11.6 Å². The molecule has 0 radical (unpaired) electrons. The Balaban J connectivity index is 2.03. The minimum Gasteiger partial charge on any atom is -0.493 e. The van der Waals surface area contributed by atoms with Gasteiger partial charge in [-0.25, -0.2) is 0 Å². The summed E-state index contributed by atoms with van der Waals surface area (Å²) in [6, 6.07) is 8.42. The van der Waals surface area contributed by atoms with Gasteiger partial charge < -0.3 is 4.74 Å². The van der Waals surface area contributed by atoms with Gasteiger partial charge in [0, 0.05) is 11.5 Å². The van der Waals surface area contributed by atoms with Crippen molar-refractivity contribution in [2.45, 2.75) is 25.5 Å². The molecule has 0 saturated carbocycles. The molecule has 0 spiro atoms. The van der Waals surface area contributed by atoms with E-state index in [1.54, 1.807) is 0 Å². The fourth-order valence-electron chi connectivity index (χ4n) is 2.40. The summed E-state index contributed by atoms with van der Waals surface area (Å²) in [6.45, 7) is 4.92. The smallest absolute Gasteiger partial charge is 0.124 e. The van der Waals surface area contributed by atoms with Gasteiger partial charge in [-0.3, -0.25) is 4.84 Å². The molecule has 1 saturated heterocycles. The van der Waals surface area contributed by atoms with Crippen molar-refractivity contribution in [3.05, 3.63) is 29.8 Å². The van der Waals surface area contributed by atoms with Gasteiger partial charge in [-0.2, -0.15) is 5.48 Å². The Morgan fingerprint density at radius 1 is 1.33 bits per heavy atom. The molecular weight excluding hydrogens is 190 g/mol. The van der Waals surface area contributed by atoms with Crippen LogP contribution in [0.4, 0.5) is 0 Å². The Labute approximate surface area is 89.3 Å². The fourth-order valence-corrected chi connectivity index (χ4v) is 2.40. The highest BCUT2D eigenvalue weighted by Gasteiger charge is 2.47. The van der Waals surface area contributed by atoms with E-state index < -0.39 is 0 Å². The van der Waals surface area contributed by atoms with Crippen LogP contribution in [-0.4, -0.2) is 12.2 Å². The number of hydrogen-bond acceptors (Lipinski definition) is 3. The van der Waals surface area contributed by atoms with Gasteiger partial charge in [0.25, 0.3) is 0 Å². The molecule has 0 aliphatic carbocycles. The van der Waals surface area contributed by atoms with E-state index in [9.17, 15) is 0 Å². The first-order valence-corrected chi connectivity index (χ1v) is 5.34. The molecule has 1 aromatic rings. The van der Waals surface area contributed by atoms with Crippen molar-refractivity contribution < 1.29 is 9.57 Å². The highest BCUT2D eigenvalue weighted by Crippen LogP contribution is 2.44. The Morgan fingerprint density at radius 2 is 2.13 bits per heavy atom. The van der Waals surface area contributed by atoms with Crippen LogP contribution in [-0.2, 0) is 4.84 Å². The Bertz CT molecular complexity index is 389. The molecule has 3 heteroatoms. The van der Waals surface area contributed by atoms with Crippen LogP contribution in [0.2, 0.25) is 0 Å². The van der Waals surface area contributed by atoms with Crippen molar-refractivity contribution in [3.63, 3.8) is 0 Å². The lowest BCUT2D eigenvalue weighted by Gasteiger charge is -2.31. The van der Waals surface area contributed by atoms with Crippen molar-refractivity contribution in [1.29, 1.82) is 0 Å². The maximum absolute atomic E-state index is 5.75. The molecule has 80 valence electrons. The summed E-state index contributed by atoms with van der Waals surface area (Å²) in [6.07, 6.45) is 0. The van der Waals surface area contributed by atoms with Crippen molar-refractivity contribution in [1.82, 2.24) is 5.48 Å². The molecule has 0 unspecified atom stereocenters. The predicted molar refractivity (Wildman–Crippen MR) is 56.5 cm³/mol. The lowest BCUT2D eigenvalue weighted by atomic mass is 9.82. The van der Waals surface area contributed by atoms with Crippen LogP contribution < -0.4 is 10.2 Å². The van der Waals surface area contributed by atoms with Crippen LogP contribution in [0.3, 0.4) is 0 Å². The van der Waals surface area contributed by atoms with Gasteiger partial charge in [-0.05, 0) is 19.9 Å². The van der Waals surface area contributed by atoms with Crippen molar-refractivity contribution in [2.75, 3.05) is 6.61 Å². The molecule has 2 heterocycles. The second-order valence-corrected chi connectivity index (χ2v) is 4.76. The number of hydroxylamine groups is 1. The Morgan fingerprint density at radius 3 is 3.00 bits per heavy atom. The zero-order chi connectivity index (χ0) is 10.5. The zero-order valence-corrected chi connectivity index (χ0v) is 8.99. The van der Waals surface area contributed by atoms with Gasteiger partial charge in [0.05, 0.1) is 18.2 Å². The molecule has 1 fully saturated rings. The SMILES string of the molecule is CC1(C)ON[C@@H]2c3ccccc3OC[C@@H]21. The summed E-state index contributed by atoms with van der Waals surface area (Å²) >= 11 is 0. The van der Waals surface area contributed by atoms with Crippen LogP contribution in [0.1, 0.15) is 25.5 Å². The molecule has 1 aromatic carbocycles. The molecule has 3 nitrogen and oxygen atoms in total. The van der Waals surface area contributed by atoms with Crippen LogP contribution in [0.5, 0.6) is 5.75 Å². The molecule has 3 rings (SSSR count). The van der Waals surface area contributed by atoms with Gasteiger partial charge in [0.1, 0.15) is 5.75 Å². The number of fused-ring (bicyclic) bond motifs is 3. The van der Waals surface area contributed by atoms with E-state index in [1.807, 2.05) is 18.2 Å². The maximum atomic E-state index is 5.75. The van der Waals surface area contributed by atoms with Crippen molar-refractivity contribution in [3.8, 4) is 5.75 Å². The second kappa shape index (κ2) is 2.97. The third-order valence-electron chi connectivity index (χ3n) is 3.42. The van der Waals surface area contributed by atoms with E-state index in [0.717, 1.165) is 12.4 Å². The van der Waals surface area contributed by atoms with Crippen LogP contribution in [0.25, 0.3) is 0 Å². The number of para-hydroxylation sites is 1. The quantitative estimate of drug-likeness (QED) is 0.703. The first-order chi connectivity index (χ1) is 7.18. The third kappa shape index (κ3) is 1.27. The summed E-state index contributed by atoms with van der Waals surface area (Å²) in [7, 11) is 0. The van der Waals surface area contributed by atoms with Gasteiger partial charge >= 0.3 is 0 Å². The molecule has 0 bridgehead atoms. The number of benzene rings is 1. The van der Waals surface area contributed by atoms with Gasteiger partial charge in [0.2, 0.25) is 0 Å². The molecule has 15 heavy (non-hydrogen) atoms. The highest BCUT2D eigenvalue weighted by molar-refractivity contribution is 5.38. The molecule has 0 aromatic heterocycles. The average Bonchev–Trinajstić information content (AvgIpc) is 2.55. The highest BCUT2D eigenvalue weighted by atomic mass is 16.7. The van der Waals surface area contributed by atoms with Crippen molar-refractivity contribution in [2.24, 2.45) is 5.92 Å². The van der Waals surface area contributed by atoms with Crippen LogP contribution in [0.15, 0.2) is 24.3 Å². The minimum atomic E-state index is -0.155.